The smallest absolute Gasteiger partial charge is 0.287 e. The molecular formula is C22H19FN2O3S. The van der Waals surface area contributed by atoms with Gasteiger partial charge in [-0.25, -0.2) is 17.6 Å². The summed E-state index contributed by atoms with van der Waals surface area (Å²) < 4.78 is 41.7. The Labute approximate surface area is 169 Å². The molecule has 5 nitrogen and oxygen atoms in total. The Morgan fingerprint density at radius 2 is 1.52 bits per heavy atom. The molecule has 0 saturated carbocycles. The molecule has 1 heterocycles. The van der Waals surface area contributed by atoms with Crippen molar-refractivity contribution < 1.29 is 17.6 Å². The van der Waals surface area contributed by atoms with Gasteiger partial charge < -0.3 is 0 Å². The number of fused-ring (bicyclic) bond motifs is 1. The van der Waals surface area contributed by atoms with Gasteiger partial charge in [-0.2, -0.15) is 4.31 Å². The zero-order chi connectivity index (χ0) is 20.8. The van der Waals surface area contributed by atoms with Crippen LogP contribution in [0.5, 0.6) is 0 Å². The molecule has 4 rings (SSSR count). The Hall–Kier alpha value is -3.19. The summed E-state index contributed by atoms with van der Waals surface area (Å²) in [6.45, 7) is 3.59. The number of rotatable bonds is 3. The molecule has 0 N–H and O–H groups in total. The van der Waals surface area contributed by atoms with E-state index in [0.29, 0.717) is 5.56 Å². The molecule has 0 unspecified atom stereocenters. The Bertz CT molecular complexity index is 1200. The van der Waals surface area contributed by atoms with Crippen LogP contribution in [-0.2, 0) is 16.6 Å². The lowest BCUT2D eigenvalue weighted by atomic mass is 10.1. The van der Waals surface area contributed by atoms with Crippen LogP contribution in [0.1, 0.15) is 16.7 Å². The predicted octanol–water partition coefficient (Wildman–Crippen LogP) is 4.78. The van der Waals surface area contributed by atoms with Crippen molar-refractivity contribution in [2.45, 2.75) is 25.3 Å². The van der Waals surface area contributed by atoms with E-state index >= 15 is 0 Å². The summed E-state index contributed by atoms with van der Waals surface area (Å²) in [5, 5.41) is 0. The molecule has 148 valence electrons. The van der Waals surface area contributed by atoms with E-state index in [4.69, 9.17) is 0 Å². The van der Waals surface area contributed by atoms with Gasteiger partial charge in [0.25, 0.3) is 10.0 Å². The zero-order valence-electron chi connectivity index (χ0n) is 16.0. The van der Waals surface area contributed by atoms with E-state index in [1.54, 1.807) is 48.5 Å². The zero-order valence-corrected chi connectivity index (χ0v) is 16.8. The topological polar surface area (TPSA) is 57.7 Å². The summed E-state index contributed by atoms with van der Waals surface area (Å²) in [6, 6.07) is 16.9. The van der Waals surface area contributed by atoms with E-state index in [2.05, 4.69) is 0 Å². The standard InChI is InChI=1S/C22H19FN2O3S/c1-15-11-16(2)13-18(12-15)25-22(26)24(14-17-7-3-4-8-19(17)23)20-9-5-6-10-21(20)29(25,27)28/h3-13H,14H2,1-2H3. The number of halogens is 1. The lowest BCUT2D eigenvalue weighted by Gasteiger charge is -2.36. The fourth-order valence-corrected chi connectivity index (χ4v) is 5.16. The van der Waals surface area contributed by atoms with Crippen LogP contribution in [0.3, 0.4) is 0 Å². The van der Waals surface area contributed by atoms with E-state index in [0.717, 1.165) is 15.4 Å². The summed E-state index contributed by atoms with van der Waals surface area (Å²) in [7, 11) is -4.11. The van der Waals surface area contributed by atoms with Crippen molar-refractivity contribution in [3.05, 3.63) is 89.2 Å². The monoisotopic (exact) mass is 410 g/mol. The highest BCUT2D eigenvalue weighted by molar-refractivity contribution is 7.94. The highest BCUT2D eigenvalue weighted by atomic mass is 32.2. The molecule has 0 fully saturated rings. The fraction of sp³-hybridized carbons (Fsp3) is 0.136. The number of hydrogen-bond donors (Lipinski definition) is 0. The van der Waals surface area contributed by atoms with Crippen LogP contribution < -0.4 is 9.21 Å². The number of amides is 2. The van der Waals surface area contributed by atoms with E-state index in [9.17, 15) is 17.6 Å². The van der Waals surface area contributed by atoms with Crippen molar-refractivity contribution in [1.82, 2.24) is 0 Å². The molecule has 0 radical (unpaired) electrons. The lowest BCUT2D eigenvalue weighted by Crippen LogP contribution is -2.50. The second-order valence-corrected chi connectivity index (χ2v) is 8.80. The van der Waals surface area contributed by atoms with Gasteiger partial charge in [-0.15, -0.1) is 0 Å². The average Bonchev–Trinajstić information content (AvgIpc) is 2.66. The Morgan fingerprint density at radius 3 is 2.21 bits per heavy atom. The van der Waals surface area contributed by atoms with Crippen LogP contribution in [0, 0.1) is 19.7 Å². The van der Waals surface area contributed by atoms with Crippen molar-refractivity contribution in [3.63, 3.8) is 0 Å². The van der Waals surface area contributed by atoms with Crippen LogP contribution in [0.4, 0.5) is 20.6 Å². The van der Waals surface area contributed by atoms with Crippen LogP contribution in [-0.4, -0.2) is 14.4 Å². The summed E-state index contributed by atoms with van der Waals surface area (Å²) in [6.07, 6.45) is 0. The van der Waals surface area contributed by atoms with Gasteiger partial charge in [0.1, 0.15) is 10.7 Å². The maximum atomic E-state index is 14.3. The molecule has 29 heavy (non-hydrogen) atoms. The minimum atomic E-state index is -4.11. The van der Waals surface area contributed by atoms with Crippen molar-refractivity contribution in [3.8, 4) is 0 Å². The Balaban J connectivity index is 1.90. The van der Waals surface area contributed by atoms with Crippen molar-refractivity contribution in [2.75, 3.05) is 9.21 Å². The third-order valence-corrected chi connectivity index (χ3v) is 6.55. The predicted molar refractivity (Wildman–Crippen MR) is 110 cm³/mol. The molecule has 2 amide bonds. The van der Waals surface area contributed by atoms with Crippen molar-refractivity contribution >= 4 is 27.4 Å². The van der Waals surface area contributed by atoms with Gasteiger partial charge in [0.2, 0.25) is 0 Å². The normalized spacial score (nSPS) is 15.3. The molecule has 0 saturated heterocycles. The molecule has 1 aliphatic heterocycles. The number of urea groups is 1. The number of carbonyl (C=O) groups excluding carboxylic acids is 1. The van der Waals surface area contributed by atoms with Crippen molar-refractivity contribution in [2.24, 2.45) is 0 Å². The van der Waals surface area contributed by atoms with Gasteiger partial charge in [-0.3, -0.25) is 4.90 Å². The van der Waals surface area contributed by atoms with Crippen LogP contribution in [0.25, 0.3) is 0 Å². The van der Waals surface area contributed by atoms with Gasteiger partial charge in [0.05, 0.1) is 17.9 Å². The Morgan fingerprint density at radius 1 is 0.897 bits per heavy atom. The van der Waals surface area contributed by atoms with Crippen LogP contribution in [0.15, 0.2) is 71.6 Å². The van der Waals surface area contributed by atoms with Gasteiger partial charge in [0, 0.05) is 5.56 Å². The SMILES string of the molecule is Cc1cc(C)cc(N2C(=O)N(Cc3ccccc3F)c3ccccc3S2(=O)=O)c1. The van der Waals surface area contributed by atoms with E-state index in [-0.39, 0.29) is 22.8 Å². The molecule has 3 aromatic carbocycles. The van der Waals surface area contributed by atoms with E-state index < -0.39 is 21.9 Å². The number of nitrogens with zero attached hydrogens (tertiary/aromatic N) is 2. The highest BCUT2D eigenvalue weighted by Crippen LogP contribution is 2.38. The molecule has 7 heteroatoms. The van der Waals surface area contributed by atoms with Crippen LogP contribution >= 0.6 is 0 Å². The first kappa shape index (κ1) is 19.1. The maximum Gasteiger partial charge on any atom is 0.343 e. The third kappa shape index (κ3) is 3.27. The molecule has 0 bridgehead atoms. The number of aryl methyl sites for hydroxylation is 2. The number of anilines is 2. The summed E-state index contributed by atoms with van der Waals surface area (Å²) >= 11 is 0. The highest BCUT2D eigenvalue weighted by Gasteiger charge is 2.42. The van der Waals surface area contributed by atoms with Gasteiger partial charge >= 0.3 is 6.03 Å². The van der Waals surface area contributed by atoms with Gasteiger partial charge in [-0.05, 0) is 55.3 Å². The second kappa shape index (κ2) is 7.00. The Kier molecular flexibility index (Phi) is 4.62. The average molecular weight is 410 g/mol. The molecular weight excluding hydrogens is 391 g/mol. The van der Waals surface area contributed by atoms with Crippen LogP contribution in [0.2, 0.25) is 0 Å². The number of benzene rings is 3. The fourth-order valence-electron chi connectivity index (χ4n) is 3.58. The molecule has 3 aromatic rings. The molecule has 0 atom stereocenters. The largest absolute Gasteiger partial charge is 0.343 e. The quantitative estimate of drug-likeness (QED) is 0.625. The molecule has 0 aromatic heterocycles. The third-order valence-electron chi connectivity index (χ3n) is 4.81. The number of carbonyl (C=O) groups is 1. The first-order valence-corrected chi connectivity index (χ1v) is 10.5. The van der Waals surface area contributed by atoms with E-state index in [1.165, 1.54) is 17.0 Å². The second-order valence-electron chi connectivity index (χ2n) is 7.04. The summed E-state index contributed by atoms with van der Waals surface area (Å²) in [5.74, 6) is -0.454. The minimum Gasteiger partial charge on any atom is -0.287 e. The number of hydrogen-bond acceptors (Lipinski definition) is 3. The first-order valence-electron chi connectivity index (χ1n) is 9.06. The molecule has 1 aliphatic rings. The molecule has 0 aliphatic carbocycles. The number of para-hydroxylation sites is 1. The van der Waals surface area contributed by atoms with Crippen molar-refractivity contribution in [1.29, 1.82) is 0 Å². The van der Waals surface area contributed by atoms with Gasteiger partial charge in [0.15, 0.2) is 0 Å². The summed E-state index contributed by atoms with van der Waals surface area (Å²) in [4.78, 5) is 14.7. The van der Waals surface area contributed by atoms with E-state index in [1.807, 2.05) is 19.9 Å². The number of sulfonamides is 1. The lowest BCUT2D eigenvalue weighted by molar-refractivity contribution is 0.253. The minimum absolute atomic E-state index is 0.00935. The summed E-state index contributed by atoms with van der Waals surface area (Å²) in [5.41, 5.74) is 2.47. The first-order chi connectivity index (χ1) is 13.8. The van der Waals surface area contributed by atoms with Gasteiger partial charge in [-0.1, -0.05) is 36.4 Å². The molecule has 0 spiro atoms. The maximum absolute atomic E-state index is 14.3.